The standard InChI is InChI=1S/C27H42O4/c1-24(2)20-8-7-19-18(25(20,3)12-11-21(24)28)10-14-26(4)17(9-13-27(19,26)5)16-15-22(29)31-23(16)30-6/h7,16-18,20-21,23,28H,8-15H2,1-6H3/t16?,17-,18?,20-,21+,23+,25+,26-,27+/m0/s1. The van der Waals surface area contributed by atoms with E-state index in [0.717, 1.165) is 25.7 Å². The molecule has 4 heteroatoms. The zero-order valence-corrected chi connectivity index (χ0v) is 20.4. The van der Waals surface area contributed by atoms with Gasteiger partial charge in [0.15, 0.2) is 0 Å². The zero-order chi connectivity index (χ0) is 22.4. The molecule has 5 aliphatic rings. The summed E-state index contributed by atoms with van der Waals surface area (Å²) in [7, 11) is 1.67. The second-order valence-corrected chi connectivity index (χ2v) is 12.8. The Balaban J connectivity index is 1.51. The van der Waals surface area contributed by atoms with E-state index in [0.29, 0.717) is 24.2 Å². The van der Waals surface area contributed by atoms with Crippen molar-refractivity contribution in [2.24, 2.45) is 45.3 Å². The third kappa shape index (κ3) is 2.70. The molecule has 31 heavy (non-hydrogen) atoms. The van der Waals surface area contributed by atoms with E-state index in [4.69, 9.17) is 9.47 Å². The summed E-state index contributed by atoms with van der Waals surface area (Å²) < 4.78 is 11.1. The third-order valence-electron chi connectivity index (χ3n) is 11.6. The Kier molecular flexibility index (Phi) is 4.83. The van der Waals surface area contributed by atoms with Crippen LogP contribution in [0.4, 0.5) is 0 Å². The maximum Gasteiger partial charge on any atom is 0.308 e. The zero-order valence-electron chi connectivity index (χ0n) is 20.4. The van der Waals surface area contributed by atoms with Gasteiger partial charge in [0.1, 0.15) is 0 Å². The Bertz CT molecular complexity index is 801. The number of carbonyl (C=O) groups excluding carboxylic acids is 1. The Morgan fingerprint density at radius 2 is 1.81 bits per heavy atom. The van der Waals surface area contributed by atoms with Gasteiger partial charge in [0.25, 0.3) is 0 Å². The van der Waals surface area contributed by atoms with Crippen molar-refractivity contribution < 1.29 is 19.4 Å². The highest BCUT2D eigenvalue weighted by molar-refractivity contribution is 5.72. The summed E-state index contributed by atoms with van der Waals surface area (Å²) in [5, 5.41) is 10.8. The molecule has 1 N–H and O–H groups in total. The quantitative estimate of drug-likeness (QED) is 0.465. The molecule has 0 aromatic rings. The van der Waals surface area contributed by atoms with Crippen LogP contribution >= 0.6 is 0 Å². The molecule has 1 heterocycles. The van der Waals surface area contributed by atoms with Crippen molar-refractivity contribution in [3.63, 3.8) is 0 Å². The number of fused-ring (bicyclic) bond motifs is 5. The van der Waals surface area contributed by atoms with Crippen LogP contribution in [-0.4, -0.2) is 30.6 Å². The van der Waals surface area contributed by atoms with Crippen LogP contribution in [0.3, 0.4) is 0 Å². The van der Waals surface area contributed by atoms with Gasteiger partial charge < -0.3 is 14.6 Å². The number of carbonyl (C=O) groups is 1. The lowest BCUT2D eigenvalue weighted by atomic mass is 9.41. The molecule has 0 aromatic carbocycles. The molecule has 174 valence electrons. The average Bonchev–Trinajstić information content (AvgIpc) is 3.21. The maximum absolute atomic E-state index is 12.1. The second-order valence-electron chi connectivity index (χ2n) is 12.8. The lowest BCUT2D eigenvalue weighted by Crippen LogP contribution is -2.58. The molecule has 4 fully saturated rings. The third-order valence-corrected chi connectivity index (χ3v) is 11.6. The van der Waals surface area contributed by atoms with Gasteiger partial charge in [-0.25, -0.2) is 0 Å². The second kappa shape index (κ2) is 6.82. The predicted octanol–water partition coefficient (Wildman–Crippen LogP) is 5.49. The average molecular weight is 431 g/mol. The molecular weight excluding hydrogens is 388 g/mol. The summed E-state index contributed by atoms with van der Waals surface area (Å²) in [6.07, 6.45) is 10.5. The van der Waals surface area contributed by atoms with Gasteiger partial charge in [-0.2, -0.15) is 0 Å². The number of ether oxygens (including phenoxy) is 2. The normalized spacial score (nSPS) is 53.3. The smallest absolute Gasteiger partial charge is 0.308 e. The first-order chi connectivity index (χ1) is 14.5. The molecule has 1 aliphatic heterocycles. The van der Waals surface area contributed by atoms with E-state index in [1.54, 1.807) is 12.7 Å². The highest BCUT2D eigenvalue weighted by Crippen LogP contribution is 2.73. The van der Waals surface area contributed by atoms with Crippen LogP contribution in [0.25, 0.3) is 0 Å². The molecule has 9 atom stereocenters. The molecule has 0 spiro atoms. The van der Waals surface area contributed by atoms with Gasteiger partial charge in [0.2, 0.25) is 6.29 Å². The van der Waals surface area contributed by atoms with Crippen LogP contribution in [0.1, 0.15) is 86.0 Å². The first kappa shape index (κ1) is 21.9. The van der Waals surface area contributed by atoms with Gasteiger partial charge in [0, 0.05) is 13.0 Å². The highest BCUT2D eigenvalue weighted by Gasteiger charge is 2.66. The van der Waals surface area contributed by atoms with Crippen LogP contribution in [0.5, 0.6) is 0 Å². The maximum atomic E-state index is 12.1. The number of esters is 1. The Morgan fingerprint density at radius 1 is 1.06 bits per heavy atom. The molecule has 4 nitrogen and oxygen atoms in total. The lowest BCUT2D eigenvalue weighted by Gasteiger charge is -2.64. The summed E-state index contributed by atoms with van der Waals surface area (Å²) in [5.41, 5.74) is 2.31. The van der Waals surface area contributed by atoms with Crippen molar-refractivity contribution >= 4 is 5.97 Å². The van der Waals surface area contributed by atoms with Crippen LogP contribution in [0.2, 0.25) is 0 Å². The number of methoxy groups -OCH3 is 1. The van der Waals surface area contributed by atoms with Gasteiger partial charge in [0.05, 0.1) is 12.5 Å². The molecule has 0 aromatic heterocycles. The first-order valence-electron chi connectivity index (χ1n) is 12.6. The van der Waals surface area contributed by atoms with Gasteiger partial charge in [-0.3, -0.25) is 4.79 Å². The van der Waals surface area contributed by atoms with Crippen molar-refractivity contribution in [2.45, 2.75) is 98.4 Å². The molecule has 0 bridgehead atoms. The van der Waals surface area contributed by atoms with Gasteiger partial charge >= 0.3 is 5.97 Å². The first-order valence-corrected chi connectivity index (χ1v) is 12.6. The van der Waals surface area contributed by atoms with Crippen molar-refractivity contribution in [1.82, 2.24) is 0 Å². The monoisotopic (exact) mass is 430 g/mol. The Morgan fingerprint density at radius 3 is 2.52 bits per heavy atom. The van der Waals surface area contributed by atoms with Crippen LogP contribution < -0.4 is 0 Å². The fourth-order valence-electron chi connectivity index (χ4n) is 9.54. The predicted molar refractivity (Wildman–Crippen MR) is 120 cm³/mol. The van der Waals surface area contributed by atoms with E-state index in [-0.39, 0.29) is 45.9 Å². The molecule has 5 rings (SSSR count). The summed E-state index contributed by atoms with van der Waals surface area (Å²) >= 11 is 0. The molecule has 1 saturated heterocycles. The van der Waals surface area contributed by atoms with E-state index in [2.05, 4.69) is 40.7 Å². The summed E-state index contributed by atoms with van der Waals surface area (Å²) in [6.45, 7) is 12.1. The van der Waals surface area contributed by atoms with E-state index < -0.39 is 0 Å². The molecule has 3 saturated carbocycles. The number of cyclic esters (lactones) is 1. The van der Waals surface area contributed by atoms with Crippen molar-refractivity contribution in [3.8, 4) is 0 Å². The van der Waals surface area contributed by atoms with E-state index >= 15 is 0 Å². The molecule has 0 radical (unpaired) electrons. The summed E-state index contributed by atoms with van der Waals surface area (Å²) in [6, 6.07) is 0. The molecule has 4 aliphatic carbocycles. The fraction of sp³-hybridized carbons (Fsp3) is 0.889. The van der Waals surface area contributed by atoms with Crippen molar-refractivity contribution in [2.75, 3.05) is 7.11 Å². The van der Waals surface area contributed by atoms with Gasteiger partial charge in [-0.15, -0.1) is 0 Å². The van der Waals surface area contributed by atoms with E-state index in [9.17, 15) is 9.90 Å². The van der Waals surface area contributed by atoms with Gasteiger partial charge in [-0.05, 0) is 84.4 Å². The number of aliphatic hydroxyl groups is 1. The lowest BCUT2D eigenvalue weighted by molar-refractivity contribution is -0.167. The van der Waals surface area contributed by atoms with E-state index in [1.165, 1.54) is 19.3 Å². The van der Waals surface area contributed by atoms with Crippen LogP contribution in [0.15, 0.2) is 11.6 Å². The highest BCUT2D eigenvalue weighted by atomic mass is 16.7. The minimum absolute atomic E-state index is 0.0257. The Hall–Kier alpha value is -0.870. The number of allylic oxidation sites excluding steroid dienone is 2. The minimum atomic E-state index is -0.378. The SMILES string of the molecule is CO[C@@H]1OC(=O)CC1[C@@H]1CC[C@]2(C)C3=CC[C@H]4C(C)(C)[C@H](O)CC[C@]4(C)C3CC[C@@]12C. The molecule has 0 amide bonds. The number of aliphatic hydroxyl groups excluding tert-OH is 1. The van der Waals surface area contributed by atoms with Crippen LogP contribution in [0, 0.1) is 45.3 Å². The minimum Gasteiger partial charge on any atom is -0.435 e. The summed E-state index contributed by atoms with van der Waals surface area (Å²) in [5.74, 6) is 1.71. The molecule has 2 unspecified atom stereocenters. The number of rotatable bonds is 2. The van der Waals surface area contributed by atoms with Crippen LogP contribution in [-0.2, 0) is 14.3 Å². The van der Waals surface area contributed by atoms with Gasteiger partial charge in [-0.1, -0.05) is 46.3 Å². The largest absolute Gasteiger partial charge is 0.435 e. The number of hydrogen-bond acceptors (Lipinski definition) is 4. The summed E-state index contributed by atoms with van der Waals surface area (Å²) in [4.78, 5) is 12.1. The topological polar surface area (TPSA) is 55.8 Å². The van der Waals surface area contributed by atoms with Crippen molar-refractivity contribution in [3.05, 3.63) is 11.6 Å². The van der Waals surface area contributed by atoms with Crippen molar-refractivity contribution in [1.29, 1.82) is 0 Å². The fourth-order valence-corrected chi connectivity index (χ4v) is 9.54. The Labute approximate surface area is 188 Å². The number of hydrogen-bond donors (Lipinski definition) is 1. The van der Waals surface area contributed by atoms with E-state index in [1.807, 2.05) is 0 Å². The molecular formula is C27H42O4.